The standard InChI is InChI=1S/C12H18N2O2/c1-16-12-5-4-11(8-10(12)9-13-15)14-6-2-3-7-14/h4-5,8,13,15H,2-3,6-7,9H2,1H3. The number of rotatable bonds is 4. The van der Waals surface area contributed by atoms with Gasteiger partial charge in [0.05, 0.1) is 7.11 Å². The summed E-state index contributed by atoms with van der Waals surface area (Å²) in [5.74, 6) is 0.810. The first-order chi connectivity index (χ1) is 7.85. The van der Waals surface area contributed by atoms with Crippen LogP contribution in [0.4, 0.5) is 5.69 Å². The normalized spacial score (nSPS) is 15.5. The van der Waals surface area contributed by atoms with E-state index in [1.165, 1.54) is 18.5 Å². The Morgan fingerprint density at radius 2 is 2.12 bits per heavy atom. The van der Waals surface area contributed by atoms with Gasteiger partial charge >= 0.3 is 0 Å². The minimum Gasteiger partial charge on any atom is -0.496 e. The van der Waals surface area contributed by atoms with Crippen LogP contribution in [0.25, 0.3) is 0 Å². The van der Waals surface area contributed by atoms with Gasteiger partial charge in [-0.25, -0.2) is 5.48 Å². The smallest absolute Gasteiger partial charge is 0.123 e. The minimum atomic E-state index is 0.408. The molecule has 1 aliphatic heterocycles. The summed E-state index contributed by atoms with van der Waals surface area (Å²) in [5, 5.41) is 8.78. The van der Waals surface area contributed by atoms with Gasteiger partial charge in [0.25, 0.3) is 0 Å². The summed E-state index contributed by atoms with van der Waals surface area (Å²) >= 11 is 0. The van der Waals surface area contributed by atoms with E-state index in [1.54, 1.807) is 7.11 Å². The quantitative estimate of drug-likeness (QED) is 0.762. The number of hydroxylamine groups is 1. The van der Waals surface area contributed by atoms with Crippen LogP contribution in [0.3, 0.4) is 0 Å². The zero-order valence-corrected chi connectivity index (χ0v) is 9.57. The molecule has 1 fully saturated rings. The van der Waals surface area contributed by atoms with Crippen LogP contribution in [0.5, 0.6) is 5.75 Å². The van der Waals surface area contributed by atoms with Crippen molar-refractivity contribution >= 4 is 5.69 Å². The molecule has 16 heavy (non-hydrogen) atoms. The molecule has 0 atom stereocenters. The van der Waals surface area contributed by atoms with Gasteiger partial charge in [-0.1, -0.05) is 0 Å². The van der Waals surface area contributed by atoms with E-state index in [0.717, 1.165) is 24.4 Å². The molecule has 0 aromatic heterocycles. The molecule has 1 heterocycles. The van der Waals surface area contributed by atoms with Gasteiger partial charge in [-0.3, -0.25) is 0 Å². The SMILES string of the molecule is COc1ccc(N2CCCC2)cc1CNO. The Balaban J connectivity index is 2.23. The molecule has 88 valence electrons. The van der Waals surface area contributed by atoms with Crippen molar-refractivity contribution < 1.29 is 9.94 Å². The van der Waals surface area contributed by atoms with Crippen molar-refractivity contribution in [2.75, 3.05) is 25.1 Å². The highest BCUT2D eigenvalue weighted by Crippen LogP contribution is 2.27. The molecule has 1 saturated heterocycles. The molecule has 4 nitrogen and oxygen atoms in total. The maximum Gasteiger partial charge on any atom is 0.123 e. The molecule has 1 aromatic carbocycles. The van der Waals surface area contributed by atoms with Crippen molar-refractivity contribution in [3.63, 3.8) is 0 Å². The van der Waals surface area contributed by atoms with Gasteiger partial charge in [0.2, 0.25) is 0 Å². The second-order valence-corrected chi connectivity index (χ2v) is 4.03. The van der Waals surface area contributed by atoms with Crippen molar-refractivity contribution in [1.29, 1.82) is 0 Å². The van der Waals surface area contributed by atoms with E-state index >= 15 is 0 Å². The predicted molar refractivity (Wildman–Crippen MR) is 63.1 cm³/mol. The molecule has 1 aromatic rings. The van der Waals surface area contributed by atoms with Gasteiger partial charge < -0.3 is 14.8 Å². The number of nitrogens with zero attached hydrogens (tertiary/aromatic N) is 1. The van der Waals surface area contributed by atoms with E-state index in [0.29, 0.717) is 6.54 Å². The molecule has 0 radical (unpaired) electrons. The Labute approximate surface area is 95.8 Å². The Morgan fingerprint density at radius 1 is 1.38 bits per heavy atom. The Hall–Kier alpha value is -1.26. The first-order valence-electron chi connectivity index (χ1n) is 5.64. The molecule has 0 spiro atoms. The molecule has 0 aliphatic carbocycles. The van der Waals surface area contributed by atoms with E-state index < -0.39 is 0 Å². The van der Waals surface area contributed by atoms with Crippen LogP contribution in [0, 0.1) is 0 Å². The molecule has 2 N–H and O–H groups in total. The van der Waals surface area contributed by atoms with Gasteiger partial charge in [0.15, 0.2) is 0 Å². The third-order valence-electron chi connectivity index (χ3n) is 3.00. The van der Waals surface area contributed by atoms with E-state index in [4.69, 9.17) is 9.94 Å². The molecule has 0 unspecified atom stereocenters. The second-order valence-electron chi connectivity index (χ2n) is 4.03. The first kappa shape index (κ1) is 11.2. The van der Waals surface area contributed by atoms with E-state index in [9.17, 15) is 0 Å². The number of nitrogens with one attached hydrogen (secondary N) is 1. The van der Waals surface area contributed by atoms with Crippen LogP contribution in [0.1, 0.15) is 18.4 Å². The van der Waals surface area contributed by atoms with Crippen LogP contribution < -0.4 is 15.1 Å². The molecule has 0 saturated carbocycles. The molecular formula is C12H18N2O2. The largest absolute Gasteiger partial charge is 0.496 e. The Kier molecular flexibility index (Phi) is 3.64. The molecule has 4 heteroatoms. The summed E-state index contributed by atoms with van der Waals surface area (Å²) in [5.41, 5.74) is 4.37. The van der Waals surface area contributed by atoms with Crippen molar-refractivity contribution in [3.8, 4) is 5.75 Å². The minimum absolute atomic E-state index is 0.408. The lowest BCUT2D eigenvalue weighted by molar-refractivity contribution is 0.160. The fraction of sp³-hybridized carbons (Fsp3) is 0.500. The average molecular weight is 222 g/mol. The summed E-state index contributed by atoms with van der Waals surface area (Å²) in [6, 6.07) is 6.11. The predicted octanol–water partition coefficient (Wildman–Crippen LogP) is 1.77. The number of hydrogen-bond donors (Lipinski definition) is 2. The number of benzene rings is 1. The third kappa shape index (κ3) is 2.28. The number of anilines is 1. The van der Waals surface area contributed by atoms with Gasteiger partial charge in [-0.2, -0.15) is 0 Å². The lowest BCUT2D eigenvalue weighted by Gasteiger charge is -2.19. The van der Waals surface area contributed by atoms with Gasteiger partial charge in [0.1, 0.15) is 5.75 Å². The summed E-state index contributed by atoms with van der Waals surface area (Å²) in [6.45, 7) is 2.65. The molecule has 1 aliphatic rings. The lowest BCUT2D eigenvalue weighted by Crippen LogP contribution is -2.18. The second kappa shape index (κ2) is 5.18. The van der Waals surface area contributed by atoms with Crippen LogP contribution >= 0.6 is 0 Å². The number of methoxy groups -OCH3 is 1. The topological polar surface area (TPSA) is 44.7 Å². The van der Waals surface area contributed by atoms with Crippen molar-refractivity contribution in [3.05, 3.63) is 23.8 Å². The van der Waals surface area contributed by atoms with Crippen LogP contribution in [0.15, 0.2) is 18.2 Å². The van der Waals surface area contributed by atoms with Gasteiger partial charge in [-0.15, -0.1) is 0 Å². The van der Waals surface area contributed by atoms with Crippen molar-refractivity contribution in [2.45, 2.75) is 19.4 Å². The maximum absolute atomic E-state index is 8.78. The molecular weight excluding hydrogens is 204 g/mol. The molecule has 0 amide bonds. The van der Waals surface area contributed by atoms with Crippen molar-refractivity contribution in [1.82, 2.24) is 5.48 Å². The van der Waals surface area contributed by atoms with E-state index in [1.807, 2.05) is 6.07 Å². The fourth-order valence-corrected chi connectivity index (χ4v) is 2.16. The Morgan fingerprint density at radius 3 is 2.75 bits per heavy atom. The van der Waals surface area contributed by atoms with Gasteiger partial charge in [-0.05, 0) is 31.0 Å². The average Bonchev–Trinajstić information content (AvgIpc) is 2.83. The first-order valence-corrected chi connectivity index (χ1v) is 5.64. The maximum atomic E-state index is 8.78. The Bertz CT molecular complexity index is 349. The highest BCUT2D eigenvalue weighted by atomic mass is 16.5. The fourth-order valence-electron chi connectivity index (χ4n) is 2.16. The summed E-state index contributed by atoms with van der Waals surface area (Å²) in [4.78, 5) is 2.36. The lowest BCUT2D eigenvalue weighted by atomic mass is 10.1. The molecule has 0 bridgehead atoms. The number of hydrogen-bond acceptors (Lipinski definition) is 4. The highest BCUT2D eigenvalue weighted by Gasteiger charge is 2.13. The van der Waals surface area contributed by atoms with Crippen LogP contribution in [0.2, 0.25) is 0 Å². The third-order valence-corrected chi connectivity index (χ3v) is 3.00. The zero-order chi connectivity index (χ0) is 11.4. The van der Waals surface area contributed by atoms with E-state index in [2.05, 4.69) is 22.5 Å². The van der Waals surface area contributed by atoms with Gasteiger partial charge in [0, 0.05) is 30.9 Å². The molecule has 2 rings (SSSR count). The van der Waals surface area contributed by atoms with Crippen LogP contribution in [-0.4, -0.2) is 25.4 Å². The summed E-state index contributed by atoms with van der Waals surface area (Å²) < 4.78 is 5.25. The number of ether oxygens (including phenoxy) is 1. The summed E-state index contributed by atoms with van der Waals surface area (Å²) in [7, 11) is 1.64. The highest BCUT2D eigenvalue weighted by molar-refractivity contribution is 5.53. The zero-order valence-electron chi connectivity index (χ0n) is 9.57. The van der Waals surface area contributed by atoms with E-state index in [-0.39, 0.29) is 0 Å². The summed E-state index contributed by atoms with van der Waals surface area (Å²) in [6.07, 6.45) is 2.53. The monoisotopic (exact) mass is 222 g/mol. The van der Waals surface area contributed by atoms with Crippen molar-refractivity contribution in [2.24, 2.45) is 0 Å². The van der Waals surface area contributed by atoms with Crippen LogP contribution in [-0.2, 0) is 6.54 Å².